The molecular formula is C21H22N2O2S. The molecule has 0 amide bonds. The number of Topliss-reactive ketones (excluding diaryl/α,β-unsaturated/α-hetero) is 1. The molecule has 3 aromatic rings. The lowest BCUT2D eigenvalue weighted by atomic mass is 9.98. The van der Waals surface area contributed by atoms with Crippen LogP contribution in [0.4, 0.5) is 0 Å². The number of aromatic nitrogens is 2. The molecule has 26 heavy (non-hydrogen) atoms. The van der Waals surface area contributed by atoms with Crippen molar-refractivity contribution in [2.24, 2.45) is 0 Å². The standard InChI is InChI=1S/C21H22N2O2S/c1-16(17-9-4-2-5-10-17)15-20-22-23-21(25-20)26-14-8-13-19(24)18-11-6-3-7-12-18/h2-7,9-12,16H,8,13-15H2,1H3. The topological polar surface area (TPSA) is 56.0 Å². The Morgan fingerprint density at radius 3 is 2.46 bits per heavy atom. The fourth-order valence-corrected chi connectivity index (χ4v) is 3.42. The van der Waals surface area contributed by atoms with E-state index < -0.39 is 0 Å². The summed E-state index contributed by atoms with van der Waals surface area (Å²) in [5, 5.41) is 8.81. The Morgan fingerprint density at radius 1 is 1.04 bits per heavy atom. The first-order valence-electron chi connectivity index (χ1n) is 8.81. The van der Waals surface area contributed by atoms with Crippen molar-refractivity contribution < 1.29 is 9.21 Å². The first kappa shape index (κ1) is 18.4. The summed E-state index contributed by atoms with van der Waals surface area (Å²) in [6, 6.07) is 19.7. The Balaban J connectivity index is 1.42. The van der Waals surface area contributed by atoms with Gasteiger partial charge in [-0.05, 0) is 17.9 Å². The molecule has 1 unspecified atom stereocenters. The number of carbonyl (C=O) groups excluding carboxylic acids is 1. The van der Waals surface area contributed by atoms with E-state index >= 15 is 0 Å². The second kappa shape index (κ2) is 9.34. The minimum absolute atomic E-state index is 0.175. The van der Waals surface area contributed by atoms with E-state index in [4.69, 9.17) is 4.42 Å². The van der Waals surface area contributed by atoms with E-state index in [9.17, 15) is 4.79 Å². The maximum atomic E-state index is 12.1. The molecule has 0 aliphatic carbocycles. The van der Waals surface area contributed by atoms with Crippen molar-refractivity contribution in [2.45, 2.75) is 37.3 Å². The molecule has 0 aliphatic rings. The molecule has 0 saturated carbocycles. The zero-order chi connectivity index (χ0) is 18.2. The predicted octanol–water partition coefficient (Wildman–Crippen LogP) is 5.17. The van der Waals surface area contributed by atoms with Gasteiger partial charge in [-0.25, -0.2) is 0 Å². The van der Waals surface area contributed by atoms with Crippen LogP contribution in [0.5, 0.6) is 0 Å². The van der Waals surface area contributed by atoms with Gasteiger partial charge in [0.2, 0.25) is 5.89 Å². The molecule has 0 saturated heterocycles. The number of carbonyl (C=O) groups is 1. The number of hydrogen-bond donors (Lipinski definition) is 0. The van der Waals surface area contributed by atoms with Crippen LogP contribution < -0.4 is 0 Å². The number of ketones is 1. The third kappa shape index (κ3) is 5.30. The molecule has 1 heterocycles. The third-order valence-corrected chi connectivity index (χ3v) is 5.07. The fourth-order valence-electron chi connectivity index (χ4n) is 2.70. The smallest absolute Gasteiger partial charge is 0.276 e. The highest BCUT2D eigenvalue weighted by atomic mass is 32.2. The van der Waals surface area contributed by atoms with Crippen molar-refractivity contribution in [2.75, 3.05) is 5.75 Å². The normalized spacial score (nSPS) is 12.0. The molecule has 0 radical (unpaired) electrons. The molecule has 2 aromatic carbocycles. The van der Waals surface area contributed by atoms with Crippen LogP contribution in [0.15, 0.2) is 70.3 Å². The van der Waals surface area contributed by atoms with Crippen LogP contribution in [0.1, 0.15) is 47.5 Å². The van der Waals surface area contributed by atoms with Crippen molar-refractivity contribution >= 4 is 17.5 Å². The maximum Gasteiger partial charge on any atom is 0.276 e. The van der Waals surface area contributed by atoms with Gasteiger partial charge in [0.25, 0.3) is 5.22 Å². The van der Waals surface area contributed by atoms with Crippen LogP contribution in [0.3, 0.4) is 0 Å². The Hall–Kier alpha value is -2.40. The molecule has 0 aliphatic heterocycles. The first-order valence-corrected chi connectivity index (χ1v) is 9.79. The van der Waals surface area contributed by atoms with Gasteiger partial charge in [-0.1, -0.05) is 79.3 Å². The van der Waals surface area contributed by atoms with Gasteiger partial charge in [-0.2, -0.15) is 0 Å². The molecule has 0 bridgehead atoms. The predicted molar refractivity (Wildman–Crippen MR) is 104 cm³/mol. The summed E-state index contributed by atoms with van der Waals surface area (Å²) in [6.45, 7) is 2.15. The van der Waals surface area contributed by atoms with E-state index in [-0.39, 0.29) is 5.78 Å². The second-order valence-electron chi connectivity index (χ2n) is 6.22. The van der Waals surface area contributed by atoms with E-state index in [0.29, 0.717) is 23.5 Å². The lowest BCUT2D eigenvalue weighted by Gasteiger charge is -2.08. The van der Waals surface area contributed by atoms with Crippen LogP contribution in [0.25, 0.3) is 0 Å². The Labute approximate surface area is 158 Å². The van der Waals surface area contributed by atoms with Crippen molar-refractivity contribution in [3.63, 3.8) is 0 Å². The molecular weight excluding hydrogens is 344 g/mol. The van der Waals surface area contributed by atoms with Gasteiger partial charge in [0.1, 0.15) is 0 Å². The highest BCUT2D eigenvalue weighted by Gasteiger charge is 2.13. The molecule has 1 atom stereocenters. The summed E-state index contributed by atoms with van der Waals surface area (Å²) in [5.41, 5.74) is 2.03. The first-order chi connectivity index (χ1) is 12.7. The quantitative estimate of drug-likeness (QED) is 0.297. The van der Waals surface area contributed by atoms with E-state index in [1.165, 1.54) is 17.3 Å². The molecule has 0 fully saturated rings. The van der Waals surface area contributed by atoms with Crippen LogP contribution in [0.2, 0.25) is 0 Å². The van der Waals surface area contributed by atoms with Crippen LogP contribution in [-0.4, -0.2) is 21.7 Å². The SMILES string of the molecule is CC(Cc1nnc(SCCCC(=O)c2ccccc2)o1)c1ccccc1. The molecule has 4 nitrogen and oxygen atoms in total. The average molecular weight is 366 g/mol. The monoisotopic (exact) mass is 366 g/mol. The molecule has 0 N–H and O–H groups in total. The van der Waals surface area contributed by atoms with Gasteiger partial charge in [0.05, 0.1) is 0 Å². The Kier molecular flexibility index (Phi) is 6.61. The minimum atomic E-state index is 0.175. The van der Waals surface area contributed by atoms with Crippen molar-refractivity contribution in [3.8, 4) is 0 Å². The van der Waals surface area contributed by atoms with Gasteiger partial charge in [-0.3, -0.25) is 4.79 Å². The number of nitrogens with zero attached hydrogens (tertiary/aromatic N) is 2. The minimum Gasteiger partial charge on any atom is -0.416 e. The lowest BCUT2D eigenvalue weighted by Crippen LogP contribution is -1.99. The summed E-state index contributed by atoms with van der Waals surface area (Å²) in [7, 11) is 0. The van der Waals surface area contributed by atoms with Crippen molar-refractivity contribution in [1.29, 1.82) is 0 Å². The highest BCUT2D eigenvalue weighted by Crippen LogP contribution is 2.23. The van der Waals surface area contributed by atoms with Crippen molar-refractivity contribution in [3.05, 3.63) is 77.7 Å². The van der Waals surface area contributed by atoms with Gasteiger partial charge in [-0.15, -0.1) is 10.2 Å². The van der Waals surface area contributed by atoms with Gasteiger partial charge >= 0.3 is 0 Å². The molecule has 1 aromatic heterocycles. The number of benzene rings is 2. The summed E-state index contributed by atoms with van der Waals surface area (Å²) in [5.74, 6) is 1.95. The summed E-state index contributed by atoms with van der Waals surface area (Å²) in [6.07, 6.45) is 2.05. The van der Waals surface area contributed by atoms with Crippen molar-refractivity contribution in [1.82, 2.24) is 10.2 Å². The number of thioether (sulfide) groups is 1. The van der Waals surface area contributed by atoms with Gasteiger partial charge in [0.15, 0.2) is 5.78 Å². The zero-order valence-corrected chi connectivity index (χ0v) is 15.6. The third-order valence-electron chi connectivity index (χ3n) is 4.17. The fraction of sp³-hybridized carbons (Fsp3) is 0.286. The van der Waals surface area contributed by atoms with Gasteiger partial charge in [0, 0.05) is 24.2 Å². The molecule has 3 rings (SSSR count). The lowest BCUT2D eigenvalue weighted by molar-refractivity contribution is 0.0982. The van der Waals surface area contributed by atoms with E-state index in [1.54, 1.807) is 0 Å². The van der Waals surface area contributed by atoms with Crippen LogP contribution >= 0.6 is 11.8 Å². The number of rotatable bonds is 9. The van der Waals surface area contributed by atoms with E-state index in [0.717, 1.165) is 24.2 Å². The van der Waals surface area contributed by atoms with Gasteiger partial charge < -0.3 is 4.42 Å². The molecule has 0 spiro atoms. The Bertz CT molecular complexity index is 818. The maximum absolute atomic E-state index is 12.1. The summed E-state index contributed by atoms with van der Waals surface area (Å²) in [4.78, 5) is 12.1. The largest absolute Gasteiger partial charge is 0.416 e. The molecule has 5 heteroatoms. The van der Waals surface area contributed by atoms with E-state index in [1.807, 2.05) is 48.5 Å². The second-order valence-corrected chi connectivity index (χ2v) is 7.26. The number of hydrogen-bond acceptors (Lipinski definition) is 5. The highest BCUT2D eigenvalue weighted by molar-refractivity contribution is 7.99. The van der Waals surface area contributed by atoms with E-state index in [2.05, 4.69) is 29.3 Å². The van der Waals surface area contributed by atoms with Crippen LogP contribution in [-0.2, 0) is 6.42 Å². The molecule has 134 valence electrons. The summed E-state index contributed by atoms with van der Waals surface area (Å²) >= 11 is 1.51. The average Bonchev–Trinajstić information content (AvgIpc) is 3.13. The van der Waals surface area contributed by atoms with Crippen LogP contribution in [0, 0.1) is 0 Å². The summed E-state index contributed by atoms with van der Waals surface area (Å²) < 4.78 is 5.72. The zero-order valence-electron chi connectivity index (χ0n) is 14.8. The Morgan fingerprint density at radius 2 is 1.73 bits per heavy atom.